The third-order valence-corrected chi connectivity index (χ3v) is 4.16. The Labute approximate surface area is 154 Å². The third kappa shape index (κ3) is 4.49. The lowest BCUT2D eigenvalue weighted by molar-refractivity contribution is -0.136. The van der Waals surface area contributed by atoms with Crippen molar-refractivity contribution in [3.8, 4) is 5.75 Å². The van der Waals surface area contributed by atoms with E-state index < -0.39 is 5.97 Å². The molecular weight excluding hydrogens is 358 g/mol. The number of carboxylic acid groups (broad SMARTS) is 1. The third-order valence-electron chi connectivity index (χ3n) is 3.86. The van der Waals surface area contributed by atoms with Gasteiger partial charge in [-0.2, -0.15) is 10.2 Å². The number of aryl methyl sites for hydroxylation is 3. The minimum atomic E-state index is -0.884. The molecule has 0 spiro atoms. The van der Waals surface area contributed by atoms with Crippen molar-refractivity contribution >= 4 is 28.5 Å². The molecule has 1 N–H and O–H groups in total. The van der Waals surface area contributed by atoms with E-state index >= 15 is 0 Å². The van der Waals surface area contributed by atoms with Crippen molar-refractivity contribution < 1.29 is 19.2 Å². The van der Waals surface area contributed by atoms with E-state index in [2.05, 4.69) is 15.4 Å². The highest BCUT2D eigenvalue weighted by molar-refractivity contribution is 6.32. The zero-order chi connectivity index (χ0) is 18.5. The lowest BCUT2D eigenvalue weighted by Gasteiger charge is -2.08. The van der Waals surface area contributed by atoms with Gasteiger partial charge in [-0.1, -0.05) is 16.8 Å². The molecule has 7 nitrogen and oxygen atoms in total. The number of fused-ring (bicyclic) bond motifs is 1. The zero-order valence-electron chi connectivity index (χ0n) is 14.2. The van der Waals surface area contributed by atoms with Crippen LogP contribution in [0.2, 0.25) is 5.02 Å². The molecule has 1 aromatic carbocycles. The van der Waals surface area contributed by atoms with Crippen LogP contribution in [0.3, 0.4) is 0 Å². The van der Waals surface area contributed by atoms with Crippen molar-refractivity contribution in [2.24, 2.45) is 0 Å². The number of hydrogen-bond acceptors (Lipinski definition) is 6. The van der Waals surface area contributed by atoms with Crippen molar-refractivity contribution in [2.45, 2.75) is 32.6 Å². The molecule has 136 valence electrons. The molecule has 26 heavy (non-hydrogen) atoms. The molecule has 0 aliphatic rings. The summed E-state index contributed by atoms with van der Waals surface area (Å²) in [5.41, 5.74) is 2.90. The first-order valence-corrected chi connectivity index (χ1v) is 8.62. The number of rotatable bonds is 8. The Hall–Kier alpha value is -2.67. The SMILES string of the molecule is Cc1ccc(CCCOc2cc3onc(CCC(=O)O)c3cc2Cl)nn1. The first-order valence-electron chi connectivity index (χ1n) is 8.24. The lowest BCUT2D eigenvalue weighted by atomic mass is 10.1. The second-order valence-corrected chi connectivity index (χ2v) is 6.33. The fourth-order valence-corrected chi connectivity index (χ4v) is 2.72. The molecule has 0 radical (unpaired) electrons. The number of aliphatic carboxylic acids is 1. The number of hydrogen-bond donors (Lipinski definition) is 1. The van der Waals surface area contributed by atoms with Crippen molar-refractivity contribution in [3.05, 3.63) is 46.4 Å². The van der Waals surface area contributed by atoms with Crippen molar-refractivity contribution in [2.75, 3.05) is 6.61 Å². The van der Waals surface area contributed by atoms with Crippen LogP contribution in [0.15, 0.2) is 28.8 Å². The summed E-state index contributed by atoms with van der Waals surface area (Å²) in [6, 6.07) is 7.26. The van der Waals surface area contributed by atoms with Crippen molar-refractivity contribution in [1.82, 2.24) is 15.4 Å². The topological polar surface area (TPSA) is 98.3 Å². The summed E-state index contributed by atoms with van der Waals surface area (Å²) in [4.78, 5) is 10.7. The maximum Gasteiger partial charge on any atom is 0.303 e. The Morgan fingerprint density at radius 1 is 1.27 bits per heavy atom. The lowest BCUT2D eigenvalue weighted by Crippen LogP contribution is -2.02. The molecule has 0 fully saturated rings. The highest BCUT2D eigenvalue weighted by atomic mass is 35.5. The van der Waals surface area contributed by atoms with Gasteiger partial charge in [0.25, 0.3) is 0 Å². The standard InChI is InChI=1S/C18H18ClN3O4/c1-11-4-5-12(21-20-11)3-2-8-25-17-10-16-13(9-14(17)19)15(22-26-16)6-7-18(23)24/h4-5,9-10H,2-3,6-8H2,1H3,(H,23,24). The highest BCUT2D eigenvalue weighted by Crippen LogP contribution is 2.32. The number of ether oxygens (including phenoxy) is 1. The van der Waals surface area contributed by atoms with Gasteiger partial charge in [-0.25, -0.2) is 0 Å². The van der Waals surface area contributed by atoms with Crippen LogP contribution in [0.5, 0.6) is 5.75 Å². The van der Waals surface area contributed by atoms with Gasteiger partial charge in [-0.15, -0.1) is 0 Å². The maximum absolute atomic E-state index is 10.7. The number of benzene rings is 1. The van der Waals surface area contributed by atoms with Crippen LogP contribution in [0.4, 0.5) is 0 Å². The maximum atomic E-state index is 10.7. The van der Waals surface area contributed by atoms with Gasteiger partial charge in [0.05, 0.1) is 35.1 Å². The largest absolute Gasteiger partial charge is 0.492 e. The monoisotopic (exact) mass is 375 g/mol. The van der Waals surface area contributed by atoms with Crippen LogP contribution >= 0.6 is 11.6 Å². The van der Waals surface area contributed by atoms with Gasteiger partial charge in [0.1, 0.15) is 5.75 Å². The number of halogens is 1. The van der Waals surface area contributed by atoms with Gasteiger partial charge in [-0.3, -0.25) is 4.79 Å². The van der Waals surface area contributed by atoms with E-state index in [-0.39, 0.29) is 12.8 Å². The fourth-order valence-electron chi connectivity index (χ4n) is 2.50. The average molecular weight is 376 g/mol. The highest BCUT2D eigenvalue weighted by Gasteiger charge is 2.14. The second-order valence-electron chi connectivity index (χ2n) is 5.92. The molecule has 0 saturated carbocycles. The number of carbonyl (C=O) groups is 1. The average Bonchev–Trinajstić information content (AvgIpc) is 3.00. The molecule has 2 heterocycles. The Balaban J connectivity index is 1.60. The van der Waals surface area contributed by atoms with Crippen LogP contribution in [-0.4, -0.2) is 33.0 Å². The van der Waals surface area contributed by atoms with Gasteiger partial charge in [0, 0.05) is 17.9 Å². The van der Waals surface area contributed by atoms with Crippen LogP contribution < -0.4 is 4.74 Å². The second kappa shape index (κ2) is 8.14. The van der Waals surface area contributed by atoms with Gasteiger partial charge >= 0.3 is 5.97 Å². The van der Waals surface area contributed by atoms with Gasteiger partial charge in [0.2, 0.25) is 0 Å². The Morgan fingerprint density at radius 2 is 2.12 bits per heavy atom. The summed E-state index contributed by atoms with van der Waals surface area (Å²) in [6.45, 7) is 2.37. The summed E-state index contributed by atoms with van der Waals surface area (Å²) < 4.78 is 11.0. The predicted molar refractivity (Wildman–Crippen MR) is 95.6 cm³/mol. The Bertz CT molecular complexity index is 909. The quantitative estimate of drug-likeness (QED) is 0.600. The molecule has 0 saturated heterocycles. The zero-order valence-corrected chi connectivity index (χ0v) is 15.0. The summed E-state index contributed by atoms with van der Waals surface area (Å²) >= 11 is 6.28. The summed E-state index contributed by atoms with van der Waals surface area (Å²) in [6.07, 6.45) is 1.80. The van der Waals surface area contributed by atoms with Crippen molar-refractivity contribution in [1.29, 1.82) is 0 Å². The number of carboxylic acids is 1. The molecule has 0 aliphatic heterocycles. The molecule has 3 aromatic rings. The molecule has 8 heteroatoms. The molecule has 0 amide bonds. The van der Waals surface area contributed by atoms with E-state index in [9.17, 15) is 4.79 Å². The molecule has 0 atom stereocenters. The van der Waals surface area contributed by atoms with Crippen LogP contribution in [0.1, 0.15) is 29.9 Å². The van der Waals surface area contributed by atoms with Gasteiger partial charge < -0.3 is 14.4 Å². The van der Waals surface area contributed by atoms with Gasteiger partial charge in [-0.05, 0) is 38.0 Å². The first-order chi connectivity index (χ1) is 12.5. The summed E-state index contributed by atoms with van der Waals surface area (Å²) in [5, 5.41) is 22.0. The van der Waals surface area contributed by atoms with Crippen molar-refractivity contribution in [3.63, 3.8) is 0 Å². The fraction of sp³-hybridized carbons (Fsp3) is 0.333. The van der Waals surface area contributed by atoms with E-state index in [1.807, 2.05) is 19.1 Å². The molecular formula is C18H18ClN3O4. The molecule has 3 rings (SSSR count). The van der Waals surface area contributed by atoms with E-state index in [1.54, 1.807) is 12.1 Å². The normalized spacial score (nSPS) is 11.0. The van der Waals surface area contributed by atoms with E-state index in [0.29, 0.717) is 34.0 Å². The Kier molecular flexibility index (Phi) is 5.68. The summed E-state index contributed by atoms with van der Waals surface area (Å²) in [5.74, 6) is -0.374. The van der Waals surface area contributed by atoms with Gasteiger partial charge in [0.15, 0.2) is 5.58 Å². The van der Waals surface area contributed by atoms with Crippen LogP contribution in [0, 0.1) is 6.92 Å². The molecule has 0 bridgehead atoms. The molecule has 2 aromatic heterocycles. The van der Waals surface area contributed by atoms with E-state index in [1.165, 1.54) is 0 Å². The molecule has 0 unspecified atom stereocenters. The van der Waals surface area contributed by atoms with Crippen LogP contribution in [-0.2, 0) is 17.6 Å². The van der Waals surface area contributed by atoms with Crippen LogP contribution in [0.25, 0.3) is 11.0 Å². The predicted octanol–water partition coefficient (Wildman–Crippen LogP) is 3.61. The minimum absolute atomic E-state index is 0.0145. The molecule has 0 aliphatic carbocycles. The first kappa shape index (κ1) is 18.1. The number of nitrogens with zero attached hydrogens (tertiary/aromatic N) is 3. The summed E-state index contributed by atoms with van der Waals surface area (Å²) in [7, 11) is 0. The van der Waals surface area contributed by atoms with E-state index in [0.717, 1.165) is 24.2 Å². The Morgan fingerprint density at radius 3 is 2.85 bits per heavy atom. The minimum Gasteiger partial charge on any atom is -0.492 e. The van der Waals surface area contributed by atoms with E-state index in [4.69, 9.17) is 26.0 Å². The number of aromatic nitrogens is 3. The smallest absolute Gasteiger partial charge is 0.303 e.